The third-order valence-corrected chi connectivity index (χ3v) is 5.19. The maximum atomic E-state index is 12.2. The molecule has 136 valence electrons. The van der Waals surface area contributed by atoms with Gasteiger partial charge in [0.1, 0.15) is 0 Å². The first-order chi connectivity index (χ1) is 13.2. The highest BCUT2D eigenvalue weighted by Crippen LogP contribution is 2.42. The minimum absolute atomic E-state index is 0.0778. The normalized spacial score (nSPS) is 19.3. The summed E-state index contributed by atoms with van der Waals surface area (Å²) in [5, 5.41) is 6.67. The predicted octanol–water partition coefficient (Wildman–Crippen LogP) is 5.15. The first kappa shape index (κ1) is 17.5. The minimum Gasteiger partial charge on any atom is -0.322 e. The van der Waals surface area contributed by atoms with Gasteiger partial charge in [-0.1, -0.05) is 60.7 Å². The van der Waals surface area contributed by atoms with E-state index >= 15 is 0 Å². The van der Waals surface area contributed by atoms with E-state index in [1.165, 1.54) is 11.1 Å². The fourth-order valence-corrected chi connectivity index (χ4v) is 3.51. The van der Waals surface area contributed by atoms with Crippen LogP contribution in [0.3, 0.4) is 0 Å². The van der Waals surface area contributed by atoms with Crippen molar-refractivity contribution in [3.63, 3.8) is 0 Å². The Balaban J connectivity index is 1.33. The van der Waals surface area contributed by atoms with Crippen LogP contribution in [-0.2, 0) is 0 Å². The van der Waals surface area contributed by atoms with Gasteiger partial charge in [-0.05, 0) is 48.7 Å². The second-order valence-electron chi connectivity index (χ2n) is 7.19. The van der Waals surface area contributed by atoms with Crippen molar-refractivity contribution < 1.29 is 4.79 Å². The molecule has 27 heavy (non-hydrogen) atoms. The molecule has 3 atom stereocenters. The SMILES string of the molecule is CC(N[C@@H]1C[C@H]1c1ccc(NC(=O)c2ccccc2)cc1)c1ccccc1. The number of hydrogen-bond acceptors (Lipinski definition) is 2. The monoisotopic (exact) mass is 356 g/mol. The van der Waals surface area contributed by atoms with Gasteiger partial charge in [0, 0.05) is 29.3 Å². The molecule has 0 aliphatic heterocycles. The number of carbonyl (C=O) groups excluding carboxylic acids is 1. The molecule has 1 saturated carbocycles. The van der Waals surface area contributed by atoms with Crippen LogP contribution in [0.1, 0.15) is 46.8 Å². The molecule has 3 nitrogen and oxygen atoms in total. The second kappa shape index (κ2) is 7.77. The first-order valence-electron chi connectivity index (χ1n) is 9.48. The van der Waals surface area contributed by atoms with Crippen molar-refractivity contribution in [3.05, 3.63) is 102 Å². The summed E-state index contributed by atoms with van der Waals surface area (Å²) < 4.78 is 0. The zero-order valence-electron chi connectivity index (χ0n) is 15.4. The summed E-state index contributed by atoms with van der Waals surface area (Å²) in [6, 6.07) is 28.9. The molecule has 0 bridgehead atoms. The van der Waals surface area contributed by atoms with E-state index in [1.807, 2.05) is 48.5 Å². The van der Waals surface area contributed by atoms with Crippen LogP contribution in [0.25, 0.3) is 0 Å². The van der Waals surface area contributed by atoms with Gasteiger partial charge < -0.3 is 10.6 Å². The fourth-order valence-electron chi connectivity index (χ4n) is 3.51. The van der Waals surface area contributed by atoms with Gasteiger partial charge >= 0.3 is 0 Å². The molecule has 3 heteroatoms. The second-order valence-corrected chi connectivity index (χ2v) is 7.19. The quantitative estimate of drug-likeness (QED) is 0.642. The fraction of sp³-hybridized carbons (Fsp3) is 0.208. The molecule has 1 amide bonds. The molecule has 4 rings (SSSR count). The van der Waals surface area contributed by atoms with Gasteiger partial charge in [-0.25, -0.2) is 0 Å². The maximum absolute atomic E-state index is 12.2. The Labute approximate surface area is 160 Å². The topological polar surface area (TPSA) is 41.1 Å². The molecular formula is C24H24N2O. The Hall–Kier alpha value is -2.91. The Morgan fingerprint density at radius 3 is 2.19 bits per heavy atom. The average molecular weight is 356 g/mol. The lowest BCUT2D eigenvalue weighted by Crippen LogP contribution is -2.22. The highest BCUT2D eigenvalue weighted by Gasteiger charge is 2.38. The van der Waals surface area contributed by atoms with Crippen LogP contribution in [0.15, 0.2) is 84.9 Å². The van der Waals surface area contributed by atoms with Gasteiger partial charge in [-0.3, -0.25) is 4.79 Å². The number of carbonyl (C=O) groups is 1. The zero-order valence-corrected chi connectivity index (χ0v) is 15.4. The summed E-state index contributed by atoms with van der Waals surface area (Å²) in [5.74, 6) is 0.473. The molecular weight excluding hydrogens is 332 g/mol. The zero-order chi connectivity index (χ0) is 18.6. The van der Waals surface area contributed by atoms with Crippen LogP contribution in [0, 0.1) is 0 Å². The van der Waals surface area contributed by atoms with Gasteiger partial charge in [-0.15, -0.1) is 0 Å². The molecule has 1 aliphatic carbocycles. The van der Waals surface area contributed by atoms with Crippen LogP contribution in [-0.4, -0.2) is 11.9 Å². The van der Waals surface area contributed by atoms with Gasteiger partial charge in [0.05, 0.1) is 0 Å². The highest BCUT2D eigenvalue weighted by molar-refractivity contribution is 6.04. The lowest BCUT2D eigenvalue weighted by atomic mass is 10.1. The first-order valence-corrected chi connectivity index (χ1v) is 9.48. The standard InChI is InChI=1S/C24H24N2O/c1-17(18-8-4-2-5-9-18)25-23-16-22(23)19-12-14-21(15-13-19)26-24(27)20-10-6-3-7-11-20/h2-15,17,22-23,25H,16H2,1H3,(H,26,27)/t17?,22-,23+/m0/s1. The van der Waals surface area contributed by atoms with Crippen LogP contribution in [0.2, 0.25) is 0 Å². The molecule has 1 fully saturated rings. The summed E-state index contributed by atoms with van der Waals surface area (Å²) >= 11 is 0. The van der Waals surface area contributed by atoms with E-state index in [4.69, 9.17) is 0 Å². The predicted molar refractivity (Wildman–Crippen MR) is 110 cm³/mol. The maximum Gasteiger partial charge on any atom is 0.255 e. The number of hydrogen-bond donors (Lipinski definition) is 2. The number of benzene rings is 3. The van der Waals surface area contributed by atoms with Crippen LogP contribution >= 0.6 is 0 Å². The van der Waals surface area contributed by atoms with Crippen LogP contribution in [0.4, 0.5) is 5.69 Å². The van der Waals surface area contributed by atoms with E-state index in [9.17, 15) is 4.79 Å². The van der Waals surface area contributed by atoms with Gasteiger partial charge in [-0.2, -0.15) is 0 Å². The van der Waals surface area contributed by atoms with Crippen LogP contribution < -0.4 is 10.6 Å². The largest absolute Gasteiger partial charge is 0.322 e. The molecule has 0 saturated heterocycles. The van der Waals surface area contributed by atoms with Gasteiger partial charge in [0.15, 0.2) is 0 Å². The Morgan fingerprint density at radius 1 is 0.889 bits per heavy atom. The lowest BCUT2D eigenvalue weighted by Gasteiger charge is -2.14. The Kier molecular flexibility index (Phi) is 5.03. The summed E-state index contributed by atoms with van der Waals surface area (Å²) in [6.07, 6.45) is 1.16. The van der Waals surface area contributed by atoms with Crippen molar-refractivity contribution >= 4 is 11.6 Å². The van der Waals surface area contributed by atoms with E-state index in [2.05, 4.69) is 54.0 Å². The van der Waals surface area contributed by atoms with Crippen molar-refractivity contribution in [2.24, 2.45) is 0 Å². The van der Waals surface area contributed by atoms with Crippen molar-refractivity contribution in [1.29, 1.82) is 0 Å². The van der Waals surface area contributed by atoms with Gasteiger partial charge in [0.25, 0.3) is 5.91 Å². The van der Waals surface area contributed by atoms with Crippen molar-refractivity contribution in [2.75, 3.05) is 5.32 Å². The summed E-state index contributed by atoms with van der Waals surface area (Å²) in [5.41, 5.74) is 4.14. The molecule has 3 aromatic rings. The average Bonchev–Trinajstić information content (AvgIpc) is 3.49. The van der Waals surface area contributed by atoms with E-state index < -0.39 is 0 Å². The molecule has 1 aliphatic rings. The van der Waals surface area contributed by atoms with E-state index in [-0.39, 0.29) is 5.91 Å². The number of anilines is 1. The van der Waals surface area contributed by atoms with Crippen molar-refractivity contribution in [2.45, 2.75) is 31.3 Å². The number of nitrogens with one attached hydrogen (secondary N) is 2. The molecule has 1 unspecified atom stereocenters. The minimum atomic E-state index is -0.0778. The lowest BCUT2D eigenvalue weighted by molar-refractivity contribution is 0.102. The van der Waals surface area contributed by atoms with E-state index in [0.29, 0.717) is 23.6 Å². The molecule has 3 aromatic carbocycles. The summed E-state index contributed by atoms with van der Waals surface area (Å²) in [4.78, 5) is 12.2. The van der Waals surface area contributed by atoms with Crippen LogP contribution in [0.5, 0.6) is 0 Å². The summed E-state index contributed by atoms with van der Waals surface area (Å²) in [6.45, 7) is 2.22. The molecule has 0 radical (unpaired) electrons. The Morgan fingerprint density at radius 2 is 1.52 bits per heavy atom. The third-order valence-electron chi connectivity index (χ3n) is 5.19. The van der Waals surface area contributed by atoms with E-state index in [0.717, 1.165) is 12.1 Å². The summed E-state index contributed by atoms with van der Waals surface area (Å²) in [7, 11) is 0. The highest BCUT2D eigenvalue weighted by atomic mass is 16.1. The van der Waals surface area contributed by atoms with Crippen molar-refractivity contribution in [1.82, 2.24) is 5.32 Å². The Bertz CT molecular complexity index is 891. The molecule has 0 aromatic heterocycles. The smallest absolute Gasteiger partial charge is 0.255 e. The molecule has 0 spiro atoms. The van der Waals surface area contributed by atoms with Gasteiger partial charge in [0.2, 0.25) is 0 Å². The third kappa shape index (κ3) is 4.26. The molecule has 0 heterocycles. The van der Waals surface area contributed by atoms with E-state index in [1.54, 1.807) is 0 Å². The number of amides is 1. The van der Waals surface area contributed by atoms with Crippen molar-refractivity contribution in [3.8, 4) is 0 Å². The molecule has 2 N–H and O–H groups in total. The number of rotatable bonds is 6.